The zero-order valence-corrected chi connectivity index (χ0v) is 7.86. The van der Waals surface area contributed by atoms with E-state index in [1.807, 2.05) is 6.92 Å². The first-order chi connectivity index (χ1) is 6.06. The fourth-order valence-electron chi connectivity index (χ4n) is 0.800. The van der Waals surface area contributed by atoms with Crippen LogP contribution in [-0.2, 0) is 4.74 Å². The van der Waals surface area contributed by atoms with Crippen molar-refractivity contribution in [3.8, 4) is 0 Å². The van der Waals surface area contributed by atoms with Gasteiger partial charge in [0, 0.05) is 13.2 Å². The number of hydrogen-bond donors (Lipinski definition) is 0. The van der Waals surface area contributed by atoms with Gasteiger partial charge in [0.15, 0.2) is 0 Å². The molecule has 0 aromatic carbocycles. The minimum absolute atomic E-state index is 0.0512. The molecule has 0 aliphatic carbocycles. The molecule has 0 atom stereocenters. The largest absolute Gasteiger partial charge is 0.392 e. The highest BCUT2D eigenvalue weighted by molar-refractivity contribution is 4.73. The summed E-state index contributed by atoms with van der Waals surface area (Å²) in [5.41, 5.74) is 0. The summed E-state index contributed by atoms with van der Waals surface area (Å²) >= 11 is 0. The van der Waals surface area contributed by atoms with Gasteiger partial charge in [-0.3, -0.25) is 0 Å². The van der Waals surface area contributed by atoms with E-state index in [0.717, 1.165) is 12.8 Å². The predicted octanol–water partition coefficient (Wildman–Crippen LogP) is 3.35. The predicted molar refractivity (Wildman–Crippen MR) is 45.3 cm³/mol. The summed E-state index contributed by atoms with van der Waals surface area (Å²) in [7, 11) is 0. The van der Waals surface area contributed by atoms with Crippen LogP contribution in [0.5, 0.6) is 0 Å². The van der Waals surface area contributed by atoms with Crippen molar-refractivity contribution in [2.24, 2.45) is 0 Å². The molecule has 0 amide bonds. The molecule has 0 N–H and O–H groups in total. The summed E-state index contributed by atoms with van der Waals surface area (Å²) in [6, 6.07) is 0. The molecule has 0 fully saturated rings. The molecule has 79 valence electrons. The lowest BCUT2D eigenvalue weighted by Gasteiger charge is -2.05. The van der Waals surface area contributed by atoms with Crippen molar-refractivity contribution in [2.75, 3.05) is 13.2 Å². The van der Waals surface area contributed by atoms with Crippen LogP contribution in [0.2, 0.25) is 0 Å². The van der Waals surface area contributed by atoms with Crippen LogP contribution in [0.4, 0.5) is 13.2 Å². The topological polar surface area (TPSA) is 9.23 Å². The molecule has 0 heterocycles. The third-order valence-electron chi connectivity index (χ3n) is 1.51. The summed E-state index contributed by atoms with van der Waals surface area (Å²) in [5.74, 6) is 0. The molecule has 0 aromatic heterocycles. The van der Waals surface area contributed by atoms with Gasteiger partial charge in [-0.2, -0.15) is 13.2 Å². The Bertz CT molecular complexity index is 112. The lowest BCUT2D eigenvalue weighted by Crippen LogP contribution is -2.08. The lowest BCUT2D eigenvalue weighted by molar-refractivity contribution is -0.0987. The van der Waals surface area contributed by atoms with Crippen LogP contribution >= 0.6 is 0 Å². The number of ether oxygens (including phenoxy) is 1. The first kappa shape index (κ1) is 12.8. The van der Waals surface area contributed by atoms with E-state index in [1.54, 1.807) is 0 Å². The molecule has 0 saturated carbocycles. The minimum atomic E-state index is -4.14. The fraction of sp³-hybridized carbons (Fsp3) is 0.889. The molecule has 4 heteroatoms. The Morgan fingerprint density at radius 3 is 2.31 bits per heavy atom. The molecule has 0 saturated heterocycles. The number of alkyl halides is 3. The quantitative estimate of drug-likeness (QED) is 0.569. The molecule has 0 aliphatic heterocycles. The molecule has 0 unspecified atom stereocenters. The second-order valence-electron chi connectivity index (χ2n) is 2.85. The van der Waals surface area contributed by atoms with Gasteiger partial charge in [-0.1, -0.05) is 13.3 Å². The first-order valence-electron chi connectivity index (χ1n) is 4.55. The van der Waals surface area contributed by atoms with Crippen molar-refractivity contribution in [2.45, 2.75) is 38.8 Å². The minimum Gasteiger partial charge on any atom is -0.381 e. The van der Waals surface area contributed by atoms with Gasteiger partial charge in [0.25, 0.3) is 0 Å². The molecule has 0 spiro atoms. The van der Waals surface area contributed by atoms with Crippen LogP contribution < -0.4 is 0 Å². The number of halogens is 3. The van der Waals surface area contributed by atoms with Crippen LogP contribution in [0, 0.1) is 6.42 Å². The molecular formula is C9H16F3O. The third-order valence-corrected chi connectivity index (χ3v) is 1.51. The van der Waals surface area contributed by atoms with E-state index in [-0.39, 0.29) is 6.42 Å². The van der Waals surface area contributed by atoms with Crippen LogP contribution in [-0.4, -0.2) is 19.4 Å². The normalized spacial score (nSPS) is 12.0. The number of unbranched alkanes of at least 4 members (excludes halogenated alkanes) is 2. The molecule has 0 aliphatic rings. The van der Waals surface area contributed by atoms with E-state index in [4.69, 9.17) is 4.74 Å². The van der Waals surface area contributed by atoms with E-state index in [9.17, 15) is 13.2 Å². The molecule has 1 radical (unpaired) electrons. The Balaban J connectivity index is 3.00. The highest BCUT2D eigenvalue weighted by Crippen LogP contribution is 2.20. The Morgan fingerprint density at radius 2 is 1.77 bits per heavy atom. The van der Waals surface area contributed by atoms with E-state index < -0.39 is 6.18 Å². The van der Waals surface area contributed by atoms with Crippen LogP contribution in [0.15, 0.2) is 0 Å². The van der Waals surface area contributed by atoms with Gasteiger partial charge < -0.3 is 4.74 Å². The maximum Gasteiger partial charge on any atom is 0.392 e. The maximum atomic E-state index is 11.6. The standard InChI is InChI=1S/C9H16F3O/c1-2-3-7-13-8-5-4-6-9(10,11)12/h6H,2-5,7-8H2,1H3. The lowest BCUT2D eigenvalue weighted by atomic mass is 10.2. The van der Waals surface area contributed by atoms with Gasteiger partial charge >= 0.3 is 6.18 Å². The summed E-state index contributed by atoms with van der Waals surface area (Å²) < 4.78 is 39.9. The fourth-order valence-corrected chi connectivity index (χ4v) is 0.800. The summed E-state index contributed by atoms with van der Waals surface area (Å²) in [6.07, 6.45) is -1.24. The first-order valence-corrected chi connectivity index (χ1v) is 4.55. The molecule has 1 nitrogen and oxygen atoms in total. The number of rotatable bonds is 7. The monoisotopic (exact) mass is 197 g/mol. The van der Waals surface area contributed by atoms with Crippen LogP contribution in [0.25, 0.3) is 0 Å². The SMILES string of the molecule is CCCCOCCC[CH]C(F)(F)F. The van der Waals surface area contributed by atoms with E-state index >= 15 is 0 Å². The van der Waals surface area contributed by atoms with Gasteiger partial charge in [-0.05, 0) is 19.3 Å². The van der Waals surface area contributed by atoms with Crippen molar-refractivity contribution >= 4 is 0 Å². The van der Waals surface area contributed by atoms with Gasteiger partial charge in [0.2, 0.25) is 0 Å². The highest BCUT2D eigenvalue weighted by atomic mass is 19.4. The third kappa shape index (κ3) is 11.8. The summed E-state index contributed by atoms with van der Waals surface area (Å²) in [6.45, 7) is 3.12. The molecule has 13 heavy (non-hydrogen) atoms. The van der Waals surface area contributed by atoms with Gasteiger partial charge in [-0.15, -0.1) is 0 Å². The zero-order valence-electron chi connectivity index (χ0n) is 7.86. The van der Waals surface area contributed by atoms with Crippen molar-refractivity contribution in [1.82, 2.24) is 0 Å². The Kier molecular flexibility index (Phi) is 7.04. The summed E-state index contributed by atoms with van der Waals surface area (Å²) in [4.78, 5) is 0. The van der Waals surface area contributed by atoms with Gasteiger partial charge in [-0.25, -0.2) is 0 Å². The number of hydrogen-bond acceptors (Lipinski definition) is 1. The van der Waals surface area contributed by atoms with Crippen molar-refractivity contribution in [1.29, 1.82) is 0 Å². The van der Waals surface area contributed by atoms with Crippen LogP contribution in [0.1, 0.15) is 32.6 Å². The van der Waals surface area contributed by atoms with Crippen molar-refractivity contribution in [3.63, 3.8) is 0 Å². The Morgan fingerprint density at radius 1 is 1.15 bits per heavy atom. The van der Waals surface area contributed by atoms with E-state index in [0.29, 0.717) is 26.1 Å². The second kappa shape index (κ2) is 7.18. The average molecular weight is 197 g/mol. The molecule has 0 aromatic rings. The smallest absolute Gasteiger partial charge is 0.381 e. The Labute approximate surface area is 77.3 Å². The maximum absolute atomic E-state index is 11.6. The van der Waals surface area contributed by atoms with Crippen molar-refractivity contribution < 1.29 is 17.9 Å². The van der Waals surface area contributed by atoms with Crippen LogP contribution in [0.3, 0.4) is 0 Å². The van der Waals surface area contributed by atoms with Gasteiger partial charge in [0.1, 0.15) is 0 Å². The zero-order chi connectivity index (χ0) is 10.2. The van der Waals surface area contributed by atoms with Gasteiger partial charge in [0.05, 0.1) is 6.42 Å². The summed E-state index contributed by atoms with van der Waals surface area (Å²) in [5, 5.41) is 0. The second-order valence-corrected chi connectivity index (χ2v) is 2.85. The molecular weight excluding hydrogens is 181 g/mol. The van der Waals surface area contributed by atoms with Crippen molar-refractivity contribution in [3.05, 3.63) is 6.42 Å². The van der Waals surface area contributed by atoms with E-state index in [1.165, 1.54) is 0 Å². The van der Waals surface area contributed by atoms with E-state index in [2.05, 4.69) is 0 Å². The molecule has 0 rings (SSSR count). The Hall–Kier alpha value is -0.250. The average Bonchev–Trinajstić information content (AvgIpc) is 2.01. The molecule has 0 bridgehead atoms. The highest BCUT2D eigenvalue weighted by Gasteiger charge is 2.26.